The zero-order valence-electron chi connectivity index (χ0n) is 17.6. The molecular formula is C22H24N4O4S. The molecule has 0 aliphatic carbocycles. The summed E-state index contributed by atoms with van der Waals surface area (Å²) >= 11 is 0. The first kappa shape index (κ1) is 20.1. The Kier molecular flexibility index (Phi) is 4.82. The van der Waals surface area contributed by atoms with Gasteiger partial charge >= 0.3 is 0 Å². The molecule has 1 amide bonds. The van der Waals surface area contributed by atoms with E-state index < -0.39 is 10.0 Å². The molecule has 4 heterocycles. The van der Waals surface area contributed by atoms with Crippen LogP contribution in [0.15, 0.2) is 33.7 Å². The van der Waals surface area contributed by atoms with Gasteiger partial charge in [-0.15, -0.1) is 0 Å². The summed E-state index contributed by atoms with van der Waals surface area (Å²) in [6.45, 7) is 5.23. The van der Waals surface area contributed by atoms with Crippen LogP contribution in [0.3, 0.4) is 0 Å². The lowest BCUT2D eigenvalue weighted by Gasteiger charge is -2.26. The van der Waals surface area contributed by atoms with Crippen molar-refractivity contribution in [2.45, 2.75) is 44.4 Å². The zero-order chi connectivity index (χ0) is 21.8. The summed E-state index contributed by atoms with van der Waals surface area (Å²) in [6.07, 6.45) is 3.48. The summed E-state index contributed by atoms with van der Waals surface area (Å²) in [6, 6.07) is 6.85. The van der Waals surface area contributed by atoms with Gasteiger partial charge in [-0.25, -0.2) is 13.4 Å². The average Bonchev–Trinajstić information content (AvgIpc) is 3.36. The highest BCUT2D eigenvalue weighted by Crippen LogP contribution is 2.34. The topological polar surface area (TPSA) is 96.6 Å². The van der Waals surface area contributed by atoms with E-state index in [-0.39, 0.29) is 5.91 Å². The Morgan fingerprint density at radius 2 is 1.84 bits per heavy atom. The number of piperidine rings is 1. The smallest absolute Gasteiger partial charge is 0.259 e. The van der Waals surface area contributed by atoms with Crippen LogP contribution in [0.5, 0.6) is 0 Å². The summed E-state index contributed by atoms with van der Waals surface area (Å²) in [4.78, 5) is 19.8. The van der Waals surface area contributed by atoms with Crippen molar-refractivity contribution in [2.24, 2.45) is 0 Å². The molecule has 2 aliphatic rings. The molecular weight excluding hydrogens is 416 g/mol. The van der Waals surface area contributed by atoms with Crippen LogP contribution in [0.4, 0.5) is 5.69 Å². The number of hydrogen-bond acceptors (Lipinski definition) is 6. The fourth-order valence-electron chi connectivity index (χ4n) is 4.54. The minimum atomic E-state index is -3.51. The van der Waals surface area contributed by atoms with E-state index in [1.165, 1.54) is 0 Å². The van der Waals surface area contributed by atoms with Crippen molar-refractivity contribution in [3.05, 3.63) is 46.8 Å². The van der Waals surface area contributed by atoms with E-state index >= 15 is 0 Å². The fourth-order valence-corrected chi connectivity index (χ4v) is 6.10. The molecule has 0 radical (unpaired) electrons. The van der Waals surface area contributed by atoms with Gasteiger partial charge in [0.1, 0.15) is 0 Å². The number of rotatable bonds is 3. The molecule has 9 heteroatoms. The van der Waals surface area contributed by atoms with E-state index in [2.05, 4.69) is 10.1 Å². The lowest BCUT2D eigenvalue weighted by atomic mass is 10.1. The zero-order valence-corrected chi connectivity index (χ0v) is 18.4. The SMILES string of the molecule is Cc1cc(C(=O)N2CCc3cc(S(=O)(=O)N4CCCCC4)ccc32)c2c(C)noc2n1. The molecule has 1 fully saturated rings. The maximum absolute atomic E-state index is 13.5. The lowest BCUT2D eigenvalue weighted by Crippen LogP contribution is -2.35. The number of hydrogen-bond donors (Lipinski definition) is 0. The van der Waals surface area contributed by atoms with Gasteiger partial charge in [0.05, 0.1) is 21.5 Å². The van der Waals surface area contributed by atoms with Crippen LogP contribution in [0.25, 0.3) is 11.1 Å². The Bertz CT molecular complexity index is 1290. The monoisotopic (exact) mass is 440 g/mol. The van der Waals surface area contributed by atoms with Gasteiger partial charge in [-0.3, -0.25) is 4.79 Å². The van der Waals surface area contributed by atoms with Crippen LogP contribution < -0.4 is 4.90 Å². The third kappa shape index (κ3) is 3.32. The highest BCUT2D eigenvalue weighted by Gasteiger charge is 2.31. The van der Waals surface area contributed by atoms with Crippen LogP contribution in [-0.2, 0) is 16.4 Å². The van der Waals surface area contributed by atoms with Crippen LogP contribution in [0, 0.1) is 13.8 Å². The molecule has 8 nitrogen and oxygen atoms in total. The summed E-state index contributed by atoms with van der Waals surface area (Å²) in [7, 11) is -3.51. The molecule has 2 aromatic heterocycles. The molecule has 0 unspecified atom stereocenters. The van der Waals surface area contributed by atoms with E-state index in [9.17, 15) is 13.2 Å². The van der Waals surface area contributed by atoms with Crippen LogP contribution in [-0.4, -0.2) is 48.4 Å². The van der Waals surface area contributed by atoms with Gasteiger partial charge in [-0.05, 0) is 62.9 Å². The molecule has 0 atom stereocenters. The molecule has 0 N–H and O–H groups in total. The molecule has 1 saturated heterocycles. The Balaban J connectivity index is 1.49. The molecule has 0 bridgehead atoms. The number of amides is 1. The van der Waals surface area contributed by atoms with E-state index in [0.717, 1.165) is 30.5 Å². The summed E-state index contributed by atoms with van der Waals surface area (Å²) in [5.41, 5.74) is 3.76. The number of carbonyl (C=O) groups excluding carboxylic acids is 1. The average molecular weight is 441 g/mol. The van der Waals surface area contributed by atoms with Gasteiger partial charge < -0.3 is 9.42 Å². The molecule has 31 heavy (non-hydrogen) atoms. The van der Waals surface area contributed by atoms with Crippen molar-refractivity contribution in [1.82, 2.24) is 14.4 Å². The summed E-state index contributed by atoms with van der Waals surface area (Å²) in [5.74, 6) is -0.160. The molecule has 2 aliphatic heterocycles. The molecule has 0 saturated carbocycles. The van der Waals surface area contributed by atoms with E-state index in [1.54, 1.807) is 40.4 Å². The van der Waals surface area contributed by atoms with Gasteiger partial charge in [-0.1, -0.05) is 11.6 Å². The maximum atomic E-state index is 13.5. The fraction of sp³-hybridized carbons (Fsp3) is 0.409. The lowest BCUT2D eigenvalue weighted by molar-refractivity contribution is 0.0990. The second-order valence-corrected chi connectivity index (χ2v) is 10.2. The second kappa shape index (κ2) is 7.42. The Morgan fingerprint density at radius 3 is 2.61 bits per heavy atom. The third-order valence-electron chi connectivity index (χ3n) is 6.12. The van der Waals surface area contributed by atoms with Crippen molar-refractivity contribution in [3.63, 3.8) is 0 Å². The first-order valence-corrected chi connectivity index (χ1v) is 12.0. The molecule has 0 spiro atoms. The van der Waals surface area contributed by atoms with E-state index in [4.69, 9.17) is 4.52 Å². The van der Waals surface area contributed by atoms with Crippen LogP contribution >= 0.6 is 0 Å². The van der Waals surface area contributed by atoms with Crippen molar-refractivity contribution in [1.29, 1.82) is 0 Å². The van der Waals surface area contributed by atoms with Crippen LogP contribution in [0.1, 0.15) is 46.6 Å². The van der Waals surface area contributed by atoms with Gasteiger partial charge in [0, 0.05) is 31.0 Å². The number of pyridine rings is 1. The third-order valence-corrected chi connectivity index (χ3v) is 8.01. The van der Waals surface area contributed by atoms with Gasteiger partial charge in [-0.2, -0.15) is 4.31 Å². The largest absolute Gasteiger partial charge is 0.336 e. The normalized spacial score (nSPS) is 17.3. The second-order valence-electron chi connectivity index (χ2n) is 8.22. The highest BCUT2D eigenvalue weighted by atomic mass is 32.2. The first-order valence-electron chi connectivity index (χ1n) is 10.5. The highest BCUT2D eigenvalue weighted by molar-refractivity contribution is 7.89. The number of carbonyl (C=O) groups is 1. The number of fused-ring (bicyclic) bond motifs is 2. The molecule has 1 aromatic carbocycles. The number of aromatic nitrogens is 2. The number of sulfonamides is 1. The quantitative estimate of drug-likeness (QED) is 0.620. The minimum Gasteiger partial charge on any atom is -0.336 e. The van der Waals surface area contributed by atoms with Gasteiger partial charge in [0.2, 0.25) is 10.0 Å². The first-order chi connectivity index (χ1) is 14.9. The van der Waals surface area contributed by atoms with Crippen molar-refractivity contribution in [2.75, 3.05) is 24.5 Å². The number of benzene rings is 1. The predicted molar refractivity (Wildman–Crippen MR) is 116 cm³/mol. The van der Waals surface area contributed by atoms with Crippen molar-refractivity contribution in [3.8, 4) is 0 Å². The predicted octanol–water partition coefficient (Wildman–Crippen LogP) is 3.22. The summed E-state index contributed by atoms with van der Waals surface area (Å²) in [5, 5.41) is 4.57. The number of anilines is 1. The van der Waals surface area contributed by atoms with Crippen LogP contribution in [0.2, 0.25) is 0 Å². The Hall–Kier alpha value is -2.78. The van der Waals surface area contributed by atoms with Gasteiger partial charge in [0.25, 0.3) is 11.6 Å². The van der Waals surface area contributed by atoms with Gasteiger partial charge in [0.15, 0.2) is 0 Å². The molecule has 162 valence electrons. The molecule has 5 rings (SSSR count). The maximum Gasteiger partial charge on any atom is 0.259 e. The number of nitrogens with zero attached hydrogens (tertiary/aromatic N) is 4. The standard InChI is InChI=1S/C22H24N4O4S/c1-14-12-18(20-15(2)24-30-21(20)23-14)22(27)26-11-8-16-13-17(6-7-19(16)26)31(28,29)25-9-4-3-5-10-25/h6-7,12-13H,3-5,8-11H2,1-2H3. The van der Waals surface area contributed by atoms with Crippen molar-refractivity contribution >= 4 is 32.7 Å². The van der Waals surface area contributed by atoms with Crippen molar-refractivity contribution < 1.29 is 17.7 Å². The van der Waals surface area contributed by atoms with E-state index in [0.29, 0.717) is 59.0 Å². The molecule has 3 aromatic rings. The Labute approximate surface area is 180 Å². The number of aryl methyl sites for hydroxylation is 2. The van der Waals surface area contributed by atoms with E-state index in [1.807, 2.05) is 6.92 Å². The minimum absolute atomic E-state index is 0.160. The Morgan fingerprint density at radius 1 is 1.06 bits per heavy atom. The summed E-state index contributed by atoms with van der Waals surface area (Å²) < 4.78 is 32.9.